The van der Waals surface area contributed by atoms with Gasteiger partial charge in [-0.1, -0.05) is 35.6 Å². The number of benzene rings is 3. The molecule has 0 aliphatic heterocycles. The molecule has 0 aliphatic rings. The first kappa shape index (κ1) is 20.0. The Balaban J connectivity index is 1.54. The Bertz CT molecular complexity index is 1410. The summed E-state index contributed by atoms with van der Waals surface area (Å²) in [4.78, 5) is 17.8. The number of hydrogen-bond donors (Lipinski definition) is 1. The third kappa shape index (κ3) is 3.86. The van der Waals surface area contributed by atoms with Gasteiger partial charge >= 0.3 is 0 Å². The molecule has 1 N–H and O–H groups in total. The van der Waals surface area contributed by atoms with Crippen LogP contribution in [-0.2, 0) is 0 Å². The number of thiazole rings is 1. The number of hydrogen-bond acceptors (Lipinski definition) is 5. The molecule has 0 atom stereocenters. The minimum absolute atomic E-state index is 0.256. The summed E-state index contributed by atoms with van der Waals surface area (Å²) < 4.78 is 8.02. The summed E-state index contributed by atoms with van der Waals surface area (Å²) in [7, 11) is 1.62. The molecule has 0 radical (unpaired) electrons. The SMILES string of the molecule is COc1ccc(-c2nn(-c3ccccc3)cc2C(=O)Nc2nc3ccc(C)cc3s2)cc1. The van der Waals surface area contributed by atoms with Crippen LogP contribution in [0.3, 0.4) is 0 Å². The van der Waals surface area contributed by atoms with Gasteiger partial charge in [-0.2, -0.15) is 5.10 Å². The summed E-state index contributed by atoms with van der Waals surface area (Å²) in [6.45, 7) is 2.04. The molecule has 0 bridgehead atoms. The van der Waals surface area contributed by atoms with Crippen molar-refractivity contribution in [1.82, 2.24) is 14.8 Å². The number of anilines is 1. The largest absolute Gasteiger partial charge is 0.497 e. The molecule has 0 saturated carbocycles. The van der Waals surface area contributed by atoms with Crippen LogP contribution in [0.5, 0.6) is 5.75 Å². The molecule has 32 heavy (non-hydrogen) atoms. The topological polar surface area (TPSA) is 69.0 Å². The molecule has 2 aromatic heterocycles. The highest BCUT2D eigenvalue weighted by Crippen LogP contribution is 2.29. The number of nitrogens with one attached hydrogen (secondary N) is 1. The molecular weight excluding hydrogens is 420 g/mol. The molecule has 0 unspecified atom stereocenters. The van der Waals surface area contributed by atoms with Crippen molar-refractivity contribution in [3.05, 3.63) is 90.1 Å². The van der Waals surface area contributed by atoms with E-state index >= 15 is 0 Å². The van der Waals surface area contributed by atoms with Crippen LogP contribution in [0.4, 0.5) is 5.13 Å². The second kappa shape index (κ2) is 8.28. The van der Waals surface area contributed by atoms with E-state index < -0.39 is 0 Å². The second-order valence-corrected chi connectivity index (χ2v) is 8.37. The maximum Gasteiger partial charge on any atom is 0.261 e. The molecule has 3 aromatic carbocycles. The zero-order valence-corrected chi connectivity index (χ0v) is 18.4. The number of para-hydroxylation sites is 1. The number of ether oxygens (including phenoxy) is 1. The molecule has 0 aliphatic carbocycles. The Kier molecular flexibility index (Phi) is 5.17. The minimum atomic E-state index is -0.256. The highest BCUT2D eigenvalue weighted by atomic mass is 32.1. The lowest BCUT2D eigenvalue weighted by Crippen LogP contribution is -2.12. The van der Waals surface area contributed by atoms with Crippen molar-refractivity contribution in [2.45, 2.75) is 6.92 Å². The van der Waals surface area contributed by atoms with E-state index in [-0.39, 0.29) is 5.91 Å². The van der Waals surface area contributed by atoms with E-state index in [0.29, 0.717) is 16.4 Å². The Morgan fingerprint density at radius 3 is 2.56 bits per heavy atom. The molecule has 0 spiro atoms. The van der Waals surface area contributed by atoms with Crippen LogP contribution >= 0.6 is 11.3 Å². The number of carbonyl (C=O) groups is 1. The average molecular weight is 441 g/mol. The van der Waals surface area contributed by atoms with Crippen LogP contribution in [0.1, 0.15) is 15.9 Å². The normalized spacial score (nSPS) is 10.9. The quantitative estimate of drug-likeness (QED) is 0.380. The van der Waals surface area contributed by atoms with Gasteiger partial charge in [0.2, 0.25) is 0 Å². The van der Waals surface area contributed by atoms with Gasteiger partial charge in [0.05, 0.1) is 28.6 Å². The number of aryl methyl sites for hydroxylation is 1. The predicted octanol–water partition coefficient (Wildman–Crippen LogP) is 5.72. The van der Waals surface area contributed by atoms with E-state index in [1.165, 1.54) is 11.3 Å². The first-order chi connectivity index (χ1) is 15.6. The standard InChI is InChI=1S/C25H20N4O2S/c1-16-8-13-21-22(14-16)32-25(26-21)27-24(30)20-15-29(18-6-4-3-5-7-18)28-23(20)17-9-11-19(31-2)12-10-17/h3-15H,1-2H3,(H,26,27,30). The molecule has 1 amide bonds. The van der Waals surface area contributed by atoms with E-state index in [0.717, 1.165) is 32.8 Å². The predicted molar refractivity (Wildman–Crippen MR) is 128 cm³/mol. The summed E-state index contributed by atoms with van der Waals surface area (Å²) in [6, 6.07) is 23.3. The number of carbonyl (C=O) groups excluding carboxylic acids is 1. The van der Waals surface area contributed by atoms with Gasteiger partial charge in [-0.3, -0.25) is 10.1 Å². The fraction of sp³-hybridized carbons (Fsp3) is 0.0800. The summed E-state index contributed by atoms with van der Waals surface area (Å²) in [5, 5.41) is 8.24. The molecule has 2 heterocycles. The minimum Gasteiger partial charge on any atom is -0.497 e. The van der Waals surface area contributed by atoms with Crippen LogP contribution < -0.4 is 10.1 Å². The second-order valence-electron chi connectivity index (χ2n) is 7.34. The van der Waals surface area contributed by atoms with Crippen LogP contribution in [0.2, 0.25) is 0 Å². The first-order valence-electron chi connectivity index (χ1n) is 10.1. The molecule has 0 fully saturated rings. The molecule has 7 heteroatoms. The molecule has 6 nitrogen and oxygen atoms in total. The van der Waals surface area contributed by atoms with Crippen LogP contribution in [0, 0.1) is 6.92 Å². The number of rotatable bonds is 5. The summed E-state index contributed by atoms with van der Waals surface area (Å²) in [5.74, 6) is 0.487. The lowest BCUT2D eigenvalue weighted by atomic mass is 10.1. The van der Waals surface area contributed by atoms with E-state index in [2.05, 4.69) is 16.4 Å². The van der Waals surface area contributed by atoms with Gasteiger partial charge in [0.1, 0.15) is 11.4 Å². The zero-order chi connectivity index (χ0) is 22.1. The molecule has 5 aromatic rings. The van der Waals surface area contributed by atoms with Gasteiger partial charge in [0.15, 0.2) is 5.13 Å². The number of amides is 1. The Hall–Kier alpha value is -3.97. The fourth-order valence-corrected chi connectivity index (χ4v) is 4.42. The first-order valence-corrected chi connectivity index (χ1v) is 10.9. The summed E-state index contributed by atoms with van der Waals surface area (Å²) in [5.41, 5.74) is 4.78. The Labute approximate surface area is 189 Å². The maximum absolute atomic E-state index is 13.3. The lowest BCUT2D eigenvalue weighted by Gasteiger charge is -2.04. The molecule has 5 rings (SSSR count). The van der Waals surface area contributed by atoms with Crippen molar-refractivity contribution >= 4 is 32.6 Å². The van der Waals surface area contributed by atoms with Gasteiger partial charge in [0.25, 0.3) is 5.91 Å². The Morgan fingerprint density at radius 1 is 1.03 bits per heavy atom. The molecule has 158 valence electrons. The van der Waals surface area contributed by atoms with Gasteiger partial charge in [0, 0.05) is 11.8 Å². The molecular formula is C25H20N4O2S. The van der Waals surface area contributed by atoms with Crippen LogP contribution in [-0.4, -0.2) is 27.8 Å². The zero-order valence-electron chi connectivity index (χ0n) is 17.6. The van der Waals surface area contributed by atoms with Gasteiger partial charge < -0.3 is 4.74 Å². The van der Waals surface area contributed by atoms with Gasteiger partial charge in [-0.15, -0.1) is 0 Å². The van der Waals surface area contributed by atoms with Crippen molar-refractivity contribution in [1.29, 1.82) is 0 Å². The average Bonchev–Trinajstić information content (AvgIpc) is 3.43. The van der Waals surface area contributed by atoms with E-state index in [4.69, 9.17) is 9.84 Å². The maximum atomic E-state index is 13.3. The van der Waals surface area contributed by atoms with E-state index in [9.17, 15) is 4.79 Å². The highest BCUT2D eigenvalue weighted by molar-refractivity contribution is 7.22. The van der Waals surface area contributed by atoms with Crippen LogP contribution in [0.25, 0.3) is 27.2 Å². The van der Waals surface area contributed by atoms with Crippen molar-refractivity contribution in [2.75, 3.05) is 12.4 Å². The number of methoxy groups -OCH3 is 1. The summed E-state index contributed by atoms with van der Waals surface area (Å²) in [6.07, 6.45) is 1.75. The van der Waals surface area contributed by atoms with Crippen LogP contribution in [0.15, 0.2) is 79.0 Å². The lowest BCUT2D eigenvalue weighted by molar-refractivity contribution is 0.102. The monoisotopic (exact) mass is 440 g/mol. The highest BCUT2D eigenvalue weighted by Gasteiger charge is 2.20. The van der Waals surface area contributed by atoms with Crippen molar-refractivity contribution < 1.29 is 9.53 Å². The van der Waals surface area contributed by atoms with Crippen molar-refractivity contribution in [2.24, 2.45) is 0 Å². The molecule has 0 saturated heterocycles. The fourth-order valence-electron chi connectivity index (χ4n) is 3.46. The number of aromatic nitrogens is 3. The van der Waals surface area contributed by atoms with Crippen molar-refractivity contribution in [3.8, 4) is 22.7 Å². The smallest absolute Gasteiger partial charge is 0.261 e. The third-order valence-corrected chi connectivity index (χ3v) is 6.04. The van der Waals surface area contributed by atoms with Gasteiger partial charge in [-0.25, -0.2) is 9.67 Å². The Morgan fingerprint density at radius 2 is 1.81 bits per heavy atom. The van der Waals surface area contributed by atoms with Crippen molar-refractivity contribution in [3.63, 3.8) is 0 Å². The number of fused-ring (bicyclic) bond motifs is 1. The van der Waals surface area contributed by atoms with E-state index in [1.807, 2.05) is 73.7 Å². The number of nitrogens with zero attached hydrogens (tertiary/aromatic N) is 3. The van der Waals surface area contributed by atoms with Gasteiger partial charge in [-0.05, 0) is 61.0 Å². The third-order valence-electron chi connectivity index (χ3n) is 5.11. The van der Waals surface area contributed by atoms with E-state index in [1.54, 1.807) is 18.0 Å². The summed E-state index contributed by atoms with van der Waals surface area (Å²) >= 11 is 1.46.